The smallest absolute Gasteiger partial charge is 0.0952 e. The summed E-state index contributed by atoms with van der Waals surface area (Å²) in [5.41, 5.74) is 0.978. The molecule has 0 aromatic carbocycles. The van der Waals surface area contributed by atoms with Gasteiger partial charge < -0.3 is 4.57 Å². The number of alkyl halides is 1. The molecule has 2 rings (SSSR count). The Morgan fingerprint density at radius 1 is 1.82 bits per heavy atom. The first-order valence-corrected chi connectivity index (χ1v) is 4.43. The maximum absolute atomic E-state index is 5.63. The van der Waals surface area contributed by atoms with Crippen LogP contribution < -0.4 is 0 Å². The zero-order chi connectivity index (χ0) is 7.84. The standard InChI is InChI=1S/C8H11ClN2/c1-6-2-8(6)11-4-7(3-9)10-5-11/h4-6,8H,2-3H2,1H3. The van der Waals surface area contributed by atoms with Gasteiger partial charge in [-0.1, -0.05) is 6.92 Å². The Bertz CT molecular complexity index is 256. The van der Waals surface area contributed by atoms with Gasteiger partial charge in [-0.25, -0.2) is 4.98 Å². The number of nitrogens with zero attached hydrogens (tertiary/aromatic N) is 2. The number of imidazole rings is 1. The first-order valence-electron chi connectivity index (χ1n) is 3.89. The zero-order valence-corrected chi connectivity index (χ0v) is 7.25. The predicted octanol–water partition coefficient (Wildman–Crippen LogP) is 2.20. The van der Waals surface area contributed by atoms with Crippen LogP contribution in [0.3, 0.4) is 0 Å². The molecule has 1 aliphatic carbocycles. The highest BCUT2D eigenvalue weighted by atomic mass is 35.5. The summed E-state index contributed by atoms with van der Waals surface area (Å²) in [5.74, 6) is 1.35. The van der Waals surface area contributed by atoms with E-state index in [2.05, 4.69) is 16.5 Å². The average molecular weight is 171 g/mol. The molecule has 11 heavy (non-hydrogen) atoms. The van der Waals surface area contributed by atoms with E-state index >= 15 is 0 Å². The second kappa shape index (κ2) is 2.52. The highest BCUT2D eigenvalue weighted by molar-refractivity contribution is 6.16. The lowest BCUT2D eigenvalue weighted by molar-refractivity contribution is 0.684. The van der Waals surface area contributed by atoms with E-state index in [9.17, 15) is 0 Å². The highest BCUT2D eigenvalue weighted by Gasteiger charge is 2.33. The Morgan fingerprint density at radius 3 is 3.00 bits per heavy atom. The summed E-state index contributed by atoms with van der Waals surface area (Å²) in [6.07, 6.45) is 5.21. The summed E-state index contributed by atoms with van der Waals surface area (Å²) in [7, 11) is 0. The van der Waals surface area contributed by atoms with Gasteiger partial charge in [-0.15, -0.1) is 11.6 Å². The van der Waals surface area contributed by atoms with Gasteiger partial charge in [0.05, 0.1) is 17.9 Å². The molecule has 60 valence electrons. The van der Waals surface area contributed by atoms with Crippen molar-refractivity contribution >= 4 is 11.6 Å². The van der Waals surface area contributed by atoms with E-state index in [1.54, 1.807) is 0 Å². The summed E-state index contributed by atoms with van der Waals surface area (Å²) >= 11 is 5.63. The van der Waals surface area contributed by atoms with Gasteiger partial charge in [0.25, 0.3) is 0 Å². The number of hydrogen-bond acceptors (Lipinski definition) is 1. The van der Waals surface area contributed by atoms with Crippen molar-refractivity contribution in [2.75, 3.05) is 0 Å². The maximum Gasteiger partial charge on any atom is 0.0952 e. The normalized spacial score (nSPS) is 28.9. The third kappa shape index (κ3) is 1.27. The van der Waals surface area contributed by atoms with Crippen molar-refractivity contribution in [3.8, 4) is 0 Å². The molecule has 1 aromatic heterocycles. The molecule has 2 nitrogen and oxygen atoms in total. The topological polar surface area (TPSA) is 17.8 Å². The van der Waals surface area contributed by atoms with Crippen molar-refractivity contribution in [1.29, 1.82) is 0 Å². The van der Waals surface area contributed by atoms with Gasteiger partial charge in [-0.05, 0) is 12.3 Å². The van der Waals surface area contributed by atoms with Crippen molar-refractivity contribution in [3.05, 3.63) is 18.2 Å². The molecule has 1 aromatic rings. The molecule has 0 bridgehead atoms. The molecular weight excluding hydrogens is 160 g/mol. The number of hydrogen-bond donors (Lipinski definition) is 0. The van der Waals surface area contributed by atoms with Gasteiger partial charge in [-0.3, -0.25) is 0 Å². The van der Waals surface area contributed by atoms with Crippen LogP contribution in [-0.4, -0.2) is 9.55 Å². The Hall–Kier alpha value is -0.500. The quantitative estimate of drug-likeness (QED) is 0.623. The molecule has 0 radical (unpaired) electrons. The van der Waals surface area contributed by atoms with Crippen molar-refractivity contribution in [2.24, 2.45) is 5.92 Å². The number of aromatic nitrogens is 2. The van der Waals surface area contributed by atoms with Crippen molar-refractivity contribution in [1.82, 2.24) is 9.55 Å². The van der Waals surface area contributed by atoms with Gasteiger partial charge in [0.1, 0.15) is 0 Å². The van der Waals surface area contributed by atoms with Crippen LogP contribution in [0.1, 0.15) is 25.1 Å². The predicted molar refractivity (Wildman–Crippen MR) is 44.6 cm³/mol. The van der Waals surface area contributed by atoms with Crippen LogP contribution in [0.2, 0.25) is 0 Å². The summed E-state index contributed by atoms with van der Waals surface area (Å²) in [4.78, 5) is 4.16. The largest absolute Gasteiger partial charge is 0.334 e. The second-order valence-corrected chi connectivity index (χ2v) is 3.49. The fourth-order valence-corrected chi connectivity index (χ4v) is 1.49. The van der Waals surface area contributed by atoms with E-state index in [-0.39, 0.29) is 0 Å². The molecule has 2 atom stereocenters. The molecule has 0 saturated heterocycles. The monoisotopic (exact) mass is 170 g/mol. The average Bonchev–Trinajstić information content (AvgIpc) is 2.59. The summed E-state index contributed by atoms with van der Waals surface area (Å²) in [6, 6.07) is 0.694. The van der Waals surface area contributed by atoms with E-state index in [0.29, 0.717) is 11.9 Å². The first kappa shape index (κ1) is 7.17. The molecule has 0 aliphatic heterocycles. The number of rotatable bonds is 2. The van der Waals surface area contributed by atoms with Gasteiger partial charge in [0.15, 0.2) is 0 Å². The molecular formula is C8H11ClN2. The third-order valence-corrected chi connectivity index (χ3v) is 2.52. The highest BCUT2D eigenvalue weighted by Crippen LogP contribution is 2.42. The molecule has 1 saturated carbocycles. The van der Waals surface area contributed by atoms with Crippen molar-refractivity contribution < 1.29 is 0 Å². The Kier molecular flexibility index (Phi) is 1.64. The molecule has 1 heterocycles. The Morgan fingerprint density at radius 2 is 2.55 bits per heavy atom. The molecule has 0 spiro atoms. The van der Waals surface area contributed by atoms with E-state index in [0.717, 1.165) is 11.6 Å². The van der Waals surface area contributed by atoms with Crippen LogP contribution in [0.15, 0.2) is 12.5 Å². The number of halogens is 1. The lowest BCUT2D eigenvalue weighted by Gasteiger charge is -1.95. The summed E-state index contributed by atoms with van der Waals surface area (Å²) in [5, 5.41) is 0. The molecule has 0 N–H and O–H groups in total. The van der Waals surface area contributed by atoms with Gasteiger partial charge in [0.2, 0.25) is 0 Å². The molecule has 0 amide bonds. The molecule has 2 unspecified atom stereocenters. The van der Waals surface area contributed by atoms with Crippen LogP contribution in [0.25, 0.3) is 0 Å². The lowest BCUT2D eigenvalue weighted by atomic mass is 10.5. The van der Waals surface area contributed by atoms with Crippen LogP contribution in [0, 0.1) is 5.92 Å². The fourth-order valence-electron chi connectivity index (χ4n) is 1.35. The second-order valence-electron chi connectivity index (χ2n) is 3.23. The SMILES string of the molecule is CC1CC1n1cnc(CCl)c1. The minimum absolute atomic E-state index is 0.522. The summed E-state index contributed by atoms with van der Waals surface area (Å²) < 4.78 is 2.17. The van der Waals surface area contributed by atoms with E-state index in [1.165, 1.54) is 6.42 Å². The van der Waals surface area contributed by atoms with Gasteiger partial charge in [-0.2, -0.15) is 0 Å². The Labute approximate surface area is 71.2 Å². The first-order chi connectivity index (χ1) is 5.31. The van der Waals surface area contributed by atoms with Crippen molar-refractivity contribution in [3.63, 3.8) is 0 Å². The van der Waals surface area contributed by atoms with Crippen LogP contribution in [0.5, 0.6) is 0 Å². The lowest BCUT2D eigenvalue weighted by Crippen LogP contribution is -1.89. The fraction of sp³-hybridized carbons (Fsp3) is 0.625. The van der Waals surface area contributed by atoms with Gasteiger partial charge >= 0.3 is 0 Å². The van der Waals surface area contributed by atoms with Crippen molar-refractivity contribution in [2.45, 2.75) is 25.3 Å². The third-order valence-electron chi connectivity index (χ3n) is 2.24. The van der Waals surface area contributed by atoms with E-state index in [1.807, 2.05) is 12.5 Å². The minimum atomic E-state index is 0.522. The van der Waals surface area contributed by atoms with Crippen LogP contribution in [-0.2, 0) is 5.88 Å². The van der Waals surface area contributed by atoms with E-state index in [4.69, 9.17) is 11.6 Å². The molecule has 3 heteroatoms. The Balaban J connectivity index is 2.13. The van der Waals surface area contributed by atoms with Crippen LogP contribution >= 0.6 is 11.6 Å². The van der Waals surface area contributed by atoms with Gasteiger partial charge in [0, 0.05) is 12.2 Å². The molecule has 1 fully saturated rings. The minimum Gasteiger partial charge on any atom is -0.334 e. The van der Waals surface area contributed by atoms with E-state index < -0.39 is 0 Å². The molecule has 1 aliphatic rings. The van der Waals surface area contributed by atoms with Crippen LogP contribution in [0.4, 0.5) is 0 Å². The zero-order valence-electron chi connectivity index (χ0n) is 6.50. The summed E-state index contributed by atoms with van der Waals surface area (Å²) in [6.45, 7) is 2.25. The maximum atomic E-state index is 5.63.